The number of rotatable bonds is 10. The van der Waals surface area contributed by atoms with Crippen molar-refractivity contribution < 1.29 is 0 Å². The Morgan fingerprint density at radius 3 is 2.36 bits per heavy atom. The molecule has 9 heteroatoms. The minimum Gasteiger partial charge on any atom is -0.372 e. The highest BCUT2D eigenvalue weighted by Gasteiger charge is 2.03. The van der Waals surface area contributed by atoms with E-state index < -0.39 is 0 Å². The first kappa shape index (κ1) is 24.0. The van der Waals surface area contributed by atoms with Crippen molar-refractivity contribution in [2.45, 2.75) is 32.0 Å². The van der Waals surface area contributed by atoms with Crippen LogP contribution in [-0.4, -0.2) is 45.6 Å². The van der Waals surface area contributed by atoms with Gasteiger partial charge in [0.25, 0.3) is 0 Å². The number of thioether (sulfide) groups is 1. The maximum atomic E-state index is 3.96. The smallest absolute Gasteiger partial charge is 0.209 e. The van der Waals surface area contributed by atoms with E-state index >= 15 is 0 Å². The molecule has 0 aliphatic heterocycles. The molecule has 2 rings (SSSR count). The van der Waals surface area contributed by atoms with E-state index in [-0.39, 0.29) is 24.8 Å². The second kappa shape index (κ2) is 13.2. The fraction of sp³-hybridized carbons (Fsp3) is 0.562. The Morgan fingerprint density at radius 1 is 1.12 bits per heavy atom. The molecule has 0 aliphatic rings. The Morgan fingerprint density at radius 2 is 1.80 bits per heavy atom. The van der Waals surface area contributed by atoms with Crippen LogP contribution in [0, 0.1) is 0 Å². The quantitative estimate of drug-likeness (QED) is 0.482. The van der Waals surface area contributed by atoms with E-state index in [0.717, 1.165) is 43.5 Å². The van der Waals surface area contributed by atoms with Gasteiger partial charge in [0.2, 0.25) is 5.16 Å². The standard InChI is InChI=1S/C16H26N6S.2ClH/c1-4-22(5-2)15-9-7-14(8-10-15)13-17-11-6-12-23-16-18-19-20-21(16)3;;/h7-10,17H,4-6,11-13H2,1-3H3;2*1H. The van der Waals surface area contributed by atoms with Crippen molar-refractivity contribution in [3.05, 3.63) is 29.8 Å². The number of hydrogen-bond acceptors (Lipinski definition) is 6. The second-order valence-corrected chi connectivity index (χ2v) is 6.36. The van der Waals surface area contributed by atoms with E-state index in [1.165, 1.54) is 11.3 Å². The van der Waals surface area contributed by atoms with E-state index in [1.807, 2.05) is 7.05 Å². The molecule has 1 aromatic heterocycles. The van der Waals surface area contributed by atoms with Crippen LogP contribution in [0.5, 0.6) is 0 Å². The minimum atomic E-state index is 0. The number of tetrazole rings is 1. The minimum absolute atomic E-state index is 0. The summed E-state index contributed by atoms with van der Waals surface area (Å²) in [6.45, 7) is 8.38. The molecule has 142 valence electrons. The van der Waals surface area contributed by atoms with Gasteiger partial charge < -0.3 is 10.2 Å². The number of aromatic nitrogens is 4. The number of benzene rings is 1. The van der Waals surface area contributed by atoms with Gasteiger partial charge in [-0.25, -0.2) is 4.68 Å². The number of nitrogens with zero attached hydrogens (tertiary/aromatic N) is 5. The Kier molecular flexibility index (Phi) is 12.7. The van der Waals surface area contributed by atoms with Crippen molar-refractivity contribution in [1.82, 2.24) is 25.5 Å². The lowest BCUT2D eigenvalue weighted by Gasteiger charge is -2.21. The van der Waals surface area contributed by atoms with Crippen LogP contribution in [0.15, 0.2) is 29.4 Å². The van der Waals surface area contributed by atoms with Gasteiger partial charge in [0.05, 0.1) is 0 Å². The van der Waals surface area contributed by atoms with Crippen molar-refractivity contribution in [1.29, 1.82) is 0 Å². The molecule has 0 unspecified atom stereocenters. The predicted molar refractivity (Wildman–Crippen MR) is 110 cm³/mol. The van der Waals surface area contributed by atoms with E-state index in [1.54, 1.807) is 16.4 Å². The molecular formula is C16H28Cl2N6S. The SMILES string of the molecule is CCN(CC)c1ccc(CNCCCSc2nnnn2C)cc1.Cl.Cl. The average Bonchev–Trinajstić information content (AvgIpc) is 2.98. The molecule has 25 heavy (non-hydrogen) atoms. The molecule has 2 aromatic rings. The fourth-order valence-electron chi connectivity index (χ4n) is 2.35. The summed E-state index contributed by atoms with van der Waals surface area (Å²) in [6, 6.07) is 8.84. The predicted octanol–water partition coefficient (Wildman–Crippen LogP) is 3.17. The molecule has 0 fully saturated rings. The first-order chi connectivity index (χ1) is 11.2. The summed E-state index contributed by atoms with van der Waals surface area (Å²) in [5, 5.41) is 15.8. The average molecular weight is 407 g/mol. The molecular weight excluding hydrogens is 379 g/mol. The summed E-state index contributed by atoms with van der Waals surface area (Å²) in [5.74, 6) is 1.02. The first-order valence-corrected chi connectivity index (χ1v) is 9.13. The number of nitrogens with one attached hydrogen (secondary N) is 1. The summed E-state index contributed by atoms with van der Waals surface area (Å²) in [7, 11) is 1.86. The van der Waals surface area contributed by atoms with Gasteiger partial charge >= 0.3 is 0 Å². The zero-order chi connectivity index (χ0) is 16.5. The molecule has 0 saturated carbocycles. The number of anilines is 1. The Bertz CT molecular complexity index is 574. The molecule has 0 aliphatic carbocycles. The molecule has 1 N–H and O–H groups in total. The van der Waals surface area contributed by atoms with Crippen LogP contribution in [0.25, 0.3) is 0 Å². The number of halogens is 2. The highest BCUT2D eigenvalue weighted by molar-refractivity contribution is 7.99. The van der Waals surface area contributed by atoms with Crippen LogP contribution in [0.3, 0.4) is 0 Å². The Balaban J connectivity index is 0.00000288. The van der Waals surface area contributed by atoms with Crippen molar-refractivity contribution in [2.75, 3.05) is 30.3 Å². The molecule has 0 radical (unpaired) electrons. The fourth-order valence-corrected chi connectivity index (χ4v) is 3.14. The number of aryl methyl sites for hydroxylation is 1. The summed E-state index contributed by atoms with van der Waals surface area (Å²) < 4.78 is 1.70. The van der Waals surface area contributed by atoms with Crippen molar-refractivity contribution in [3.63, 3.8) is 0 Å². The van der Waals surface area contributed by atoms with Gasteiger partial charge in [-0.3, -0.25) is 0 Å². The lowest BCUT2D eigenvalue weighted by atomic mass is 10.2. The molecule has 0 saturated heterocycles. The third-order valence-electron chi connectivity index (χ3n) is 3.70. The van der Waals surface area contributed by atoms with Crippen molar-refractivity contribution in [3.8, 4) is 0 Å². The highest BCUT2D eigenvalue weighted by Crippen LogP contribution is 2.15. The Labute approximate surface area is 166 Å². The van der Waals surface area contributed by atoms with Gasteiger partial charge in [-0.2, -0.15) is 0 Å². The monoisotopic (exact) mass is 406 g/mol. The molecule has 0 amide bonds. The van der Waals surface area contributed by atoms with Gasteiger partial charge in [0.15, 0.2) is 0 Å². The van der Waals surface area contributed by atoms with Crippen molar-refractivity contribution in [2.24, 2.45) is 7.05 Å². The molecule has 0 bridgehead atoms. The van der Waals surface area contributed by atoms with Gasteiger partial charge in [-0.15, -0.1) is 29.9 Å². The van der Waals surface area contributed by atoms with E-state index in [0.29, 0.717) is 0 Å². The lowest BCUT2D eigenvalue weighted by molar-refractivity contribution is 0.661. The van der Waals surface area contributed by atoms with E-state index in [4.69, 9.17) is 0 Å². The normalized spacial score (nSPS) is 10.0. The molecule has 0 spiro atoms. The molecule has 1 heterocycles. The largest absolute Gasteiger partial charge is 0.372 e. The summed E-state index contributed by atoms with van der Waals surface area (Å²) in [4.78, 5) is 2.36. The molecule has 0 atom stereocenters. The summed E-state index contributed by atoms with van der Waals surface area (Å²) in [5.41, 5.74) is 2.62. The van der Waals surface area contributed by atoms with Crippen LogP contribution in [-0.2, 0) is 13.6 Å². The van der Waals surface area contributed by atoms with Crippen LogP contribution in [0.4, 0.5) is 5.69 Å². The zero-order valence-corrected chi connectivity index (χ0v) is 17.5. The third kappa shape index (κ3) is 7.81. The topological polar surface area (TPSA) is 58.9 Å². The molecule has 1 aromatic carbocycles. The maximum Gasteiger partial charge on any atom is 0.209 e. The van der Waals surface area contributed by atoms with Crippen LogP contribution in [0.1, 0.15) is 25.8 Å². The molecule has 6 nitrogen and oxygen atoms in total. The van der Waals surface area contributed by atoms with E-state index in [2.05, 4.69) is 63.9 Å². The van der Waals surface area contributed by atoms with Gasteiger partial charge in [-0.1, -0.05) is 23.9 Å². The number of hydrogen-bond donors (Lipinski definition) is 1. The zero-order valence-electron chi connectivity index (χ0n) is 15.0. The maximum absolute atomic E-state index is 3.96. The first-order valence-electron chi connectivity index (χ1n) is 8.14. The Hall–Kier alpha value is -1.02. The summed E-state index contributed by atoms with van der Waals surface area (Å²) in [6.07, 6.45) is 1.09. The second-order valence-electron chi connectivity index (χ2n) is 5.30. The van der Waals surface area contributed by atoms with Gasteiger partial charge in [-0.05, 0) is 54.9 Å². The van der Waals surface area contributed by atoms with E-state index in [9.17, 15) is 0 Å². The van der Waals surface area contributed by atoms with Crippen molar-refractivity contribution >= 4 is 42.3 Å². The third-order valence-corrected chi connectivity index (χ3v) is 4.80. The lowest BCUT2D eigenvalue weighted by Crippen LogP contribution is -2.21. The summed E-state index contributed by atoms with van der Waals surface area (Å²) >= 11 is 1.69. The van der Waals surface area contributed by atoms with Gasteiger partial charge in [0.1, 0.15) is 0 Å². The van der Waals surface area contributed by atoms with Gasteiger partial charge in [0, 0.05) is 38.1 Å². The van der Waals surface area contributed by atoms with Crippen LogP contribution in [0.2, 0.25) is 0 Å². The highest BCUT2D eigenvalue weighted by atomic mass is 35.5. The van der Waals surface area contributed by atoms with Crippen LogP contribution < -0.4 is 10.2 Å². The van der Waals surface area contributed by atoms with Crippen LogP contribution >= 0.6 is 36.6 Å².